The molecule has 0 radical (unpaired) electrons. The number of carboxylic acids is 1. The molecule has 5 nitrogen and oxygen atoms in total. The van der Waals surface area contributed by atoms with E-state index in [2.05, 4.69) is 25.8 Å². The summed E-state index contributed by atoms with van der Waals surface area (Å²) in [6.07, 6.45) is 2.16. The van der Waals surface area contributed by atoms with Crippen molar-refractivity contribution in [3.63, 3.8) is 0 Å². The zero-order valence-corrected chi connectivity index (χ0v) is 10.1. The van der Waals surface area contributed by atoms with Crippen LogP contribution in [-0.4, -0.2) is 29.1 Å². The predicted octanol–water partition coefficient (Wildman–Crippen LogP) is 2.24. The van der Waals surface area contributed by atoms with Gasteiger partial charge in [-0.1, -0.05) is 13.8 Å². The van der Waals surface area contributed by atoms with Crippen LogP contribution in [0.1, 0.15) is 37.7 Å². The second kappa shape index (κ2) is 5.01. The number of oxazole rings is 1. The zero-order chi connectivity index (χ0) is 12.3. The van der Waals surface area contributed by atoms with Crippen molar-refractivity contribution >= 4 is 12.0 Å². The number of aromatic carboxylic acids is 1. The van der Waals surface area contributed by atoms with Crippen molar-refractivity contribution in [3.05, 3.63) is 12.0 Å². The lowest BCUT2D eigenvalue weighted by atomic mass is 10.0. The van der Waals surface area contributed by atoms with Gasteiger partial charge in [0.1, 0.15) is 6.26 Å². The molecule has 1 heterocycles. The SMILES string of the molecule is CC(C)CC(C)N(C)c1nc(C(=O)O)co1. The Labute approximate surface area is 95.1 Å². The molecule has 0 bridgehead atoms. The van der Waals surface area contributed by atoms with Crippen LogP contribution in [0, 0.1) is 5.92 Å². The highest BCUT2D eigenvalue weighted by Crippen LogP contribution is 2.18. The molecule has 0 aromatic carbocycles. The van der Waals surface area contributed by atoms with E-state index in [4.69, 9.17) is 9.52 Å². The molecular weight excluding hydrogens is 208 g/mol. The molecule has 0 aliphatic heterocycles. The number of hydrogen-bond donors (Lipinski definition) is 1. The molecule has 1 unspecified atom stereocenters. The highest BCUT2D eigenvalue weighted by molar-refractivity contribution is 5.85. The minimum atomic E-state index is -1.07. The predicted molar refractivity (Wildman–Crippen MR) is 60.8 cm³/mol. The molecule has 90 valence electrons. The van der Waals surface area contributed by atoms with E-state index >= 15 is 0 Å². The number of carbonyl (C=O) groups is 1. The van der Waals surface area contributed by atoms with Crippen LogP contribution < -0.4 is 4.90 Å². The van der Waals surface area contributed by atoms with Gasteiger partial charge in [0.15, 0.2) is 5.69 Å². The number of carboxylic acid groups (broad SMARTS) is 1. The highest BCUT2D eigenvalue weighted by atomic mass is 16.4. The molecule has 0 aliphatic rings. The van der Waals surface area contributed by atoms with Gasteiger partial charge in [0.25, 0.3) is 6.01 Å². The van der Waals surface area contributed by atoms with Crippen LogP contribution in [0.4, 0.5) is 6.01 Å². The second-order valence-corrected chi connectivity index (χ2v) is 4.41. The van der Waals surface area contributed by atoms with Gasteiger partial charge in [0.2, 0.25) is 0 Å². The summed E-state index contributed by atoms with van der Waals surface area (Å²) < 4.78 is 5.12. The van der Waals surface area contributed by atoms with E-state index in [0.29, 0.717) is 11.9 Å². The van der Waals surface area contributed by atoms with Crippen LogP contribution in [0.5, 0.6) is 0 Å². The fourth-order valence-corrected chi connectivity index (χ4v) is 1.55. The van der Waals surface area contributed by atoms with Crippen LogP contribution in [-0.2, 0) is 0 Å². The standard InChI is InChI=1S/C11H18N2O3/c1-7(2)5-8(3)13(4)11-12-9(6-16-11)10(14)15/h6-8H,5H2,1-4H3,(H,14,15). The van der Waals surface area contributed by atoms with E-state index in [1.807, 2.05) is 11.9 Å². The van der Waals surface area contributed by atoms with E-state index in [-0.39, 0.29) is 11.7 Å². The van der Waals surface area contributed by atoms with Crippen molar-refractivity contribution in [1.82, 2.24) is 4.98 Å². The average molecular weight is 226 g/mol. The van der Waals surface area contributed by atoms with E-state index < -0.39 is 5.97 Å². The maximum absolute atomic E-state index is 10.6. The fourth-order valence-electron chi connectivity index (χ4n) is 1.55. The van der Waals surface area contributed by atoms with Gasteiger partial charge in [-0.25, -0.2) is 4.79 Å². The van der Waals surface area contributed by atoms with Crippen molar-refractivity contribution in [2.75, 3.05) is 11.9 Å². The monoisotopic (exact) mass is 226 g/mol. The number of rotatable bonds is 5. The van der Waals surface area contributed by atoms with Gasteiger partial charge >= 0.3 is 5.97 Å². The Hall–Kier alpha value is -1.52. The summed E-state index contributed by atoms with van der Waals surface area (Å²) in [7, 11) is 1.85. The topological polar surface area (TPSA) is 66.6 Å². The molecule has 0 saturated carbocycles. The fraction of sp³-hybridized carbons (Fsp3) is 0.636. The van der Waals surface area contributed by atoms with Crippen molar-refractivity contribution in [2.45, 2.75) is 33.2 Å². The lowest BCUT2D eigenvalue weighted by Crippen LogP contribution is -2.30. The van der Waals surface area contributed by atoms with Crippen molar-refractivity contribution in [1.29, 1.82) is 0 Å². The Bertz CT molecular complexity index is 360. The minimum absolute atomic E-state index is 0.0569. The van der Waals surface area contributed by atoms with Gasteiger partial charge in [0.05, 0.1) is 0 Å². The summed E-state index contributed by atoms with van der Waals surface area (Å²) in [5, 5.41) is 8.72. The van der Waals surface area contributed by atoms with Gasteiger partial charge in [-0.15, -0.1) is 0 Å². The van der Waals surface area contributed by atoms with Gasteiger partial charge in [0, 0.05) is 13.1 Å². The number of hydrogen-bond acceptors (Lipinski definition) is 4. The van der Waals surface area contributed by atoms with Gasteiger partial charge in [-0.05, 0) is 19.3 Å². The normalized spacial score (nSPS) is 12.8. The molecule has 0 saturated heterocycles. The van der Waals surface area contributed by atoms with Gasteiger partial charge in [-0.2, -0.15) is 4.98 Å². The van der Waals surface area contributed by atoms with E-state index in [1.54, 1.807) is 0 Å². The molecule has 1 aromatic heterocycles. The Morgan fingerprint density at radius 2 is 2.19 bits per heavy atom. The number of aromatic nitrogens is 1. The first kappa shape index (κ1) is 12.5. The molecule has 5 heteroatoms. The summed E-state index contributed by atoms with van der Waals surface area (Å²) in [4.78, 5) is 16.4. The minimum Gasteiger partial charge on any atom is -0.476 e. The van der Waals surface area contributed by atoms with Crippen LogP contribution in [0.15, 0.2) is 10.7 Å². The molecule has 1 aromatic rings. The Morgan fingerprint density at radius 1 is 1.56 bits per heavy atom. The van der Waals surface area contributed by atoms with Gasteiger partial charge < -0.3 is 14.4 Å². The summed E-state index contributed by atoms with van der Waals surface area (Å²) in [6, 6.07) is 0.617. The molecular formula is C11H18N2O3. The summed E-state index contributed by atoms with van der Waals surface area (Å²) >= 11 is 0. The van der Waals surface area contributed by atoms with Crippen molar-refractivity contribution in [3.8, 4) is 0 Å². The summed E-state index contributed by atoms with van der Waals surface area (Å²) in [5.41, 5.74) is -0.0569. The van der Waals surface area contributed by atoms with E-state index in [0.717, 1.165) is 12.7 Å². The Balaban J connectivity index is 2.71. The van der Waals surface area contributed by atoms with Crippen molar-refractivity contribution < 1.29 is 14.3 Å². The number of anilines is 1. The molecule has 1 atom stereocenters. The molecule has 0 fully saturated rings. The molecule has 16 heavy (non-hydrogen) atoms. The Morgan fingerprint density at radius 3 is 2.62 bits per heavy atom. The third kappa shape index (κ3) is 2.98. The lowest BCUT2D eigenvalue weighted by Gasteiger charge is -2.24. The first-order valence-electron chi connectivity index (χ1n) is 5.33. The third-order valence-electron chi connectivity index (χ3n) is 2.49. The van der Waals surface area contributed by atoms with Crippen LogP contribution in [0.2, 0.25) is 0 Å². The average Bonchev–Trinajstić information content (AvgIpc) is 2.64. The molecule has 0 aliphatic carbocycles. The highest BCUT2D eigenvalue weighted by Gasteiger charge is 2.18. The van der Waals surface area contributed by atoms with Crippen LogP contribution in [0.3, 0.4) is 0 Å². The Kier molecular flexibility index (Phi) is 3.93. The molecule has 0 spiro atoms. The maximum atomic E-state index is 10.6. The largest absolute Gasteiger partial charge is 0.476 e. The first-order chi connectivity index (χ1) is 7.41. The summed E-state index contributed by atoms with van der Waals surface area (Å²) in [5.74, 6) is -0.494. The zero-order valence-electron chi connectivity index (χ0n) is 10.1. The molecule has 1 N–H and O–H groups in total. The van der Waals surface area contributed by atoms with Gasteiger partial charge in [-0.3, -0.25) is 0 Å². The maximum Gasteiger partial charge on any atom is 0.357 e. The molecule has 0 amide bonds. The second-order valence-electron chi connectivity index (χ2n) is 4.41. The lowest BCUT2D eigenvalue weighted by molar-refractivity contribution is 0.0690. The van der Waals surface area contributed by atoms with Crippen LogP contribution >= 0.6 is 0 Å². The smallest absolute Gasteiger partial charge is 0.357 e. The third-order valence-corrected chi connectivity index (χ3v) is 2.49. The van der Waals surface area contributed by atoms with E-state index in [9.17, 15) is 4.79 Å². The van der Waals surface area contributed by atoms with E-state index in [1.165, 1.54) is 0 Å². The van der Waals surface area contributed by atoms with Crippen molar-refractivity contribution in [2.24, 2.45) is 5.92 Å². The number of nitrogens with zero attached hydrogens (tertiary/aromatic N) is 2. The first-order valence-corrected chi connectivity index (χ1v) is 5.33. The molecule has 1 rings (SSSR count). The quantitative estimate of drug-likeness (QED) is 0.834. The van der Waals surface area contributed by atoms with Crippen LogP contribution in [0.25, 0.3) is 0 Å². The summed E-state index contributed by atoms with van der Waals surface area (Å²) in [6.45, 7) is 6.34.